The normalized spacial score (nSPS) is 8.80. The molecule has 0 aliphatic rings. The smallest absolute Gasteiger partial charge is 0.125 e. The van der Waals surface area contributed by atoms with Gasteiger partial charge >= 0.3 is 0 Å². The molecule has 0 spiro atoms. The van der Waals surface area contributed by atoms with E-state index >= 15 is 0 Å². The second-order valence-corrected chi connectivity index (χ2v) is 2.17. The molecule has 0 unspecified atom stereocenters. The first-order valence-corrected chi connectivity index (χ1v) is 3.58. The van der Waals surface area contributed by atoms with E-state index in [0.717, 1.165) is 11.4 Å². The lowest BCUT2D eigenvalue weighted by molar-refractivity contribution is 0.628. The highest BCUT2D eigenvalue weighted by Crippen LogP contribution is 2.09. The molecule has 0 aliphatic carbocycles. The van der Waals surface area contributed by atoms with E-state index in [-0.39, 0.29) is 5.82 Å². The number of hydrogen-bond acceptors (Lipinski definition) is 1. The standard InChI is InChI=1S/C7H6FNS/c1-10-9-7-4-2-3-6(8)5-7/h1-5,9H. The molecule has 1 aromatic carbocycles. The van der Waals surface area contributed by atoms with Crippen LogP contribution in [0.4, 0.5) is 10.1 Å². The van der Waals surface area contributed by atoms with Crippen LogP contribution < -0.4 is 4.72 Å². The van der Waals surface area contributed by atoms with Gasteiger partial charge in [-0.15, -0.1) is 0 Å². The molecule has 0 amide bonds. The molecule has 1 nitrogen and oxygen atoms in total. The molecule has 10 heavy (non-hydrogen) atoms. The lowest BCUT2D eigenvalue weighted by Crippen LogP contribution is -1.80. The molecular weight excluding hydrogens is 149 g/mol. The van der Waals surface area contributed by atoms with Crippen molar-refractivity contribution in [2.45, 2.75) is 0 Å². The van der Waals surface area contributed by atoms with Crippen LogP contribution in [0, 0.1) is 11.5 Å². The number of benzene rings is 1. The van der Waals surface area contributed by atoms with Gasteiger partial charge in [-0.3, -0.25) is 0 Å². The highest BCUT2D eigenvalue weighted by Gasteiger charge is 1.89. The molecule has 0 saturated carbocycles. The number of anilines is 1. The second kappa shape index (κ2) is 3.20. The SMILES string of the molecule is C#SNc1cccc(F)c1. The topological polar surface area (TPSA) is 12.0 Å². The van der Waals surface area contributed by atoms with Gasteiger partial charge in [-0.1, -0.05) is 11.8 Å². The maximum absolute atomic E-state index is 12.4. The van der Waals surface area contributed by atoms with E-state index in [1.54, 1.807) is 12.1 Å². The van der Waals surface area contributed by atoms with Crippen molar-refractivity contribution in [3.63, 3.8) is 0 Å². The lowest BCUT2D eigenvalue weighted by atomic mass is 10.3. The summed E-state index contributed by atoms with van der Waals surface area (Å²) < 4.78 is 15.1. The van der Waals surface area contributed by atoms with Crippen LogP contribution in [0.5, 0.6) is 0 Å². The molecule has 0 radical (unpaired) electrons. The van der Waals surface area contributed by atoms with Crippen molar-refractivity contribution < 1.29 is 4.39 Å². The van der Waals surface area contributed by atoms with Gasteiger partial charge < -0.3 is 4.72 Å². The molecule has 1 rings (SSSR count). The summed E-state index contributed by atoms with van der Waals surface area (Å²) in [7, 11) is 0. The summed E-state index contributed by atoms with van der Waals surface area (Å²) in [5.74, 6) is -0.265. The van der Waals surface area contributed by atoms with E-state index in [4.69, 9.17) is 5.69 Å². The van der Waals surface area contributed by atoms with Gasteiger partial charge in [-0.05, 0) is 29.6 Å². The van der Waals surface area contributed by atoms with Crippen LogP contribution >= 0.6 is 11.4 Å². The summed E-state index contributed by atoms with van der Waals surface area (Å²) >= 11 is 0.947. The van der Waals surface area contributed by atoms with Crippen molar-refractivity contribution in [2.75, 3.05) is 4.72 Å². The molecular formula is C7H6FNS. The van der Waals surface area contributed by atoms with E-state index in [9.17, 15) is 4.39 Å². The van der Waals surface area contributed by atoms with Crippen molar-refractivity contribution in [3.05, 3.63) is 30.1 Å². The summed E-state index contributed by atoms with van der Waals surface area (Å²) in [6.45, 7) is 0. The Labute approximate surface area is 62.6 Å². The summed E-state index contributed by atoms with van der Waals surface area (Å²) in [6.07, 6.45) is 0. The van der Waals surface area contributed by atoms with Gasteiger partial charge in [-0.25, -0.2) is 4.39 Å². The average molecular weight is 155 g/mol. The first kappa shape index (κ1) is 7.06. The zero-order chi connectivity index (χ0) is 7.40. The van der Waals surface area contributed by atoms with Gasteiger partial charge in [0.2, 0.25) is 0 Å². The van der Waals surface area contributed by atoms with E-state index in [1.165, 1.54) is 12.1 Å². The van der Waals surface area contributed by atoms with Gasteiger partial charge in [0.25, 0.3) is 0 Å². The van der Waals surface area contributed by atoms with E-state index in [2.05, 4.69) is 4.72 Å². The predicted molar refractivity (Wildman–Crippen MR) is 42.6 cm³/mol. The molecule has 0 aliphatic heterocycles. The minimum Gasteiger partial charge on any atom is -0.305 e. The van der Waals surface area contributed by atoms with Crippen molar-refractivity contribution in [2.24, 2.45) is 0 Å². The largest absolute Gasteiger partial charge is 0.305 e. The fourth-order valence-corrected chi connectivity index (χ4v) is 0.883. The predicted octanol–water partition coefficient (Wildman–Crippen LogP) is 2.47. The Morgan fingerprint density at radius 3 is 2.90 bits per heavy atom. The van der Waals surface area contributed by atoms with Crippen LogP contribution in [-0.4, -0.2) is 0 Å². The third-order valence-corrected chi connectivity index (χ3v) is 1.35. The van der Waals surface area contributed by atoms with Crippen molar-refractivity contribution >= 4 is 17.0 Å². The molecule has 0 bridgehead atoms. The van der Waals surface area contributed by atoms with Crippen LogP contribution in [0.25, 0.3) is 0 Å². The Bertz CT molecular complexity index is 267. The van der Waals surface area contributed by atoms with Gasteiger partial charge in [0, 0.05) is 0 Å². The first-order valence-electron chi connectivity index (χ1n) is 2.70. The lowest BCUT2D eigenvalue weighted by Gasteiger charge is -1.95. The van der Waals surface area contributed by atoms with Crippen LogP contribution in [0.15, 0.2) is 24.3 Å². The second-order valence-electron chi connectivity index (χ2n) is 1.73. The zero-order valence-electron chi connectivity index (χ0n) is 5.17. The van der Waals surface area contributed by atoms with Crippen molar-refractivity contribution in [3.8, 4) is 5.69 Å². The van der Waals surface area contributed by atoms with Gasteiger partial charge in [0.05, 0.1) is 5.69 Å². The number of hydrogen-bond donors (Lipinski definition) is 1. The van der Waals surface area contributed by atoms with Gasteiger partial charge in [0.1, 0.15) is 5.82 Å². The Balaban J connectivity index is 2.87. The highest BCUT2D eigenvalue weighted by molar-refractivity contribution is 7.89. The molecule has 1 aromatic rings. The fourth-order valence-electron chi connectivity index (χ4n) is 0.620. The van der Waals surface area contributed by atoms with Crippen LogP contribution in [0.1, 0.15) is 0 Å². The first-order chi connectivity index (χ1) is 4.83. The zero-order valence-corrected chi connectivity index (χ0v) is 5.99. The molecule has 0 aromatic heterocycles. The summed E-state index contributed by atoms with van der Waals surface area (Å²) in [4.78, 5) is 0. The highest BCUT2D eigenvalue weighted by atomic mass is 32.1. The number of halogens is 1. The number of rotatable bonds is 1. The summed E-state index contributed by atoms with van der Waals surface area (Å²) in [5, 5.41) is 0. The Morgan fingerprint density at radius 2 is 2.30 bits per heavy atom. The molecule has 52 valence electrons. The molecule has 3 heteroatoms. The monoisotopic (exact) mass is 155 g/mol. The Morgan fingerprint density at radius 1 is 1.50 bits per heavy atom. The molecule has 0 atom stereocenters. The summed E-state index contributed by atoms with van der Waals surface area (Å²) in [6, 6.07) is 6.11. The van der Waals surface area contributed by atoms with Gasteiger partial charge in [-0.2, -0.15) is 0 Å². The maximum Gasteiger partial charge on any atom is 0.125 e. The van der Waals surface area contributed by atoms with E-state index in [1.807, 2.05) is 0 Å². The van der Waals surface area contributed by atoms with Crippen LogP contribution in [0.2, 0.25) is 0 Å². The minimum atomic E-state index is -0.265. The molecule has 0 fully saturated rings. The summed E-state index contributed by atoms with van der Waals surface area (Å²) in [5.41, 5.74) is 5.77. The van der Waals surface area contributed by atoms with Crippen molar-refractivity contribution in [1.29, 1.82) is 0 Å². The molecule has 1 N–H and O–H groups in total. The maximum atomic E-state index is 12.4. The Hall–Kier alpha value is -1.05. The third kappa shape index (κ3) is 1.72. The van der Waals surface area contributed by atoms with Crippen LogP contribution in [-0.2, 0) is 0 Å². The van der Waals surface area contributed by atoms with Crippen LogP contribution in [0.3, 0.4) is 0 Å². The molecule has 0 heterocycles. The molecule has 0 saturated heterocycles. The third-order valence-electron chi connectivity index (χ3n) is 1.00. The number of nitrogens with one attached hydrogen (secondary N) is 1. The minimum absolute atomic E-state index is 0.265. The average Bonchev–Trinajstić information content (AvgIpc) is 1.88. The quantitative estimate of drug-likeness (QED) is 0.614. The Kier molecular flexibility index (Phi) is 2.26. The van der Waals surface area contributed by atoms with Crippen molar-refractivity contribution in [1.82, 2.24) is 0 Å². The fraction of sp³-hybridized carbons (Fsp3) is 0. The van der Waals surface area contributed by atoms with Gasteiger partial charge in [0.15, 0.2) is 0 Å². The van der Waals surface area contributed by atoms with E-state index < -0.39 is 0 Å². The van der Waals surface area contributed by atoms with E-state index in [0.29, 0.717) is 5.69 Å².